The summed E-state index contributed by atoms with van der Waals surface area (Å²) in [7, 11) is 0. The quantitative estimate of drug-likeness (QED) is 0.430. The Bertz CT molecular complexity index is 715. The van der Waals surface area contributed by atoms with Crippen LogP contribution >= 0.6 is 23.6 Å². The standard InChI is InChI=1S/C16H15N3O3S2/c20-14(9-8-13-7-4-10-24-13)17-16(23)19-18-15(21)11-22-12-5-2-1-3-6-12/h1-10H,11H2,(H,18,21)(H2,17,19,20,23). The minimum Gasteiger partial charge on any atom is -0.484 e. The van der Waals surface area contributed by atoms with Crippen LogP contribution in [0.4, 0.5) is 0 Å². The van der Waals surface area contributed by atoms with E-state index in [1.807, 2.05) is 23.6 Å². The third kappa shape index (κ3) is 6.59. The number of hydrogen-bond acceptors (Lipinski definition) is 5. The number of benzene rings is 1. The van der Waals surface area contributed by atoms with E-state index in [9.17, 15) is 9.59 Å². The molecule has 2 rings (SSSR count). The molecule has 0 saturated carbocycles. The van der Waals surface area contributed by atoms with Crippen LogP contribution in [0.25, 0.3) is 6.08 Å². The Hall–Kier alpha value is -2.71. The second-order valence-corrected chi connectivity index (χ2v) is 5.83. The van der Waals surface area contributed by atoms with Gasteiger partial charge >= 0.3 is 0 Å². The Balaban J connectivity index is 1.65. The fraction of sp³-hybridized carbons (Fsp3) is 0.0625. The van der Waals surface area contributed by atoms with Crippen LogP contribution in [0.15, 0.2) is 53.9 Å². The monoisotopic (exact) mass is 361 g/mol. The molecule has 0 aliphatic rings. The number of para-hydroxylation sites is 1. The Morgan fingerprint density at radius 3 is 2.62 bits per heavy atom. The van der Waals surface area contributed by atoms with Crippen LogP contribution in [0.1, 0.15) is 4.88 Å². The zero-order chi connectivity index (χ0) is 17.2. The molecule has 1 aromatic carbocycles. The number of nitrogens with one attached hydrogen (secondary N) is 3. The molecule has 8 heteroatoms. The van der Waals surface area contributed by atoms with Crippen LogP contribution in [0, 0.1) is 0 Å². The first kappa shape index (κ1) is 17.6. The highest BCUT2D eigenvalue weighted by Crippen LogP contribution is 2.09. The highest BCUT2D eigenvalue weighted by Gasteiger charge is 2.05. The predicted molar refractivity (Wildman–Crippen MR) is 97.3 cm³/mol. The van der Waals surface area contributed by atoms with Crippen LogP contribution < -0.4 is 20.9 Å². The molecule has 1 aromatic heterocycles. The van der Waals surface area contributed by atoms with Crippen LogP contribution in [0.2, 0.25) is 0 Å². The number of amides is 2. The third-order valence-corrected chi connectivity index (χ3v) is 3.65. The Morgan fingerprint density at radius 2 is 1.92 bits per heavy atom. The lowest BCUT2D eigenvalue weighted by molar-refractivity contribution is -0.123. The van der Waals surface area contributed by atoms with Gasteiger partial charge in [0.2, 0.25) is 5.91 Å². The summed E-state index contributed by atoms with van der Waals surface area (Å²) in [5.41, 5.74) is 4.77. The number of rotatable bonds is 5. The molecule has 0 saturated heterocycles. The average molecular weight is 361 g/mol. The fourth-order valence-corrected chi connectivity index (χ4v) is 2.33. The van der Waals surface area contributed by atoms with Gasteiger partial charge in [-0.1, -0.05) is 24.3 Å². The van der Waals surface area contributed by atoms with Crippen molar-refractivity contribution in [3.8, 4) is 5.75 Å². The molecule has 3 N–H and O–H groups in total. The molecule has 0 spiro atoms. The van der Waals surface area contributed by atoms with Crippen molar-refractivity contribution in [3.63, 3.8) is 0 Å². The van der Waals surface area contributed by atoms with Crippen molar-refractivity contribution in [2.75, 3.05) is 6.61 Å². The molecule has 0 bridgehead atoms. The van der Waals surface area contributed by atoms with Crippen molar-refractivity contribution in [1.82, 2.24) is 16.2 Å². The van der Waals surface area contributed by atoms with Gasteiger partial charge in [-0.3, -0.25) is 25.8 Å². The molecule has 0 aliphatic carbocycles. The summed E-state index contributed by atoms with van der Waals surface area (Å²) in [5.74, 6) is -0.234. The summed E-state index contributed by atoms with van der Waals surface area (Å²) in [4.78, 5) is 24.2. The lowest BCUT2D eigenvalue weighted by atomic mass is 10.3. The van der Waals surface area contributed by atoms with Crippen molar-refractivity contribution in [3.05, 3.63) is 58.8 Å². The molecule has 124 valence electrons. The number of ether oxygens (including phenoxy) is 1. The van der Waals surface area contributed by atoms with Crippen molar-refractivity contribution in [2.24, 2.45) is 0 Å². The molecule has 1 heterocycles. The SMILES string of the molecule is O=C(C=Cc1cccs1)NC(=S)NNC(=O)COc1ccccc1. The zero-order valence-corrected chi connectivity index (χ0v) is 14.2. The van der Waals surface area contributed by atoms with E-state index in [-0.39, 0.29) is 11.7 Å². The number of carbonyl (C=O) groups is 2. The van der Waals surface area contributed by atoms with Gasteiger partial charge in [-0.15, -0.1) is 11.3 Å². The Morgan fingerprint density at radius 1 is 1.12 bits per heavy atom. The summed E-state index contributed by atoms with van der Waals surface area (Å²) < 4.78 is 5.27. The van der Waals surface area contributed by atoms with Gasteiger partial charge in [0.05, 0.1) is 0 Å². The van der Waals surface area contributed by atoms with Gasteiger partial charge in [-0.25, -0.2) is 0 Å². The maximum atomic E-state index is 11.6. The van der Waals surface area contributed by atoms with Gasteiger partial charge in [0, 0.05) is 11.0 Å². The number of thiophene rings is 1. The molecular weight excluding hydrogens is 346 g/mol. The van der Waals surface area contributed by atoms with Crippen molar-refractivity contribution < 1.29 is 14.3 Å². The lowest BCUT2D eigenvalue weighted by Crippen LogP contribution is -2.49. The minimum absolute atomic E-state index is 0.0103. The molecule has 6 nitrogen and oxygen atoms in total. The number of hydrogen-bond donors (Lipinski definition) is 3. The summed E-state index contributed by atoms with van der Waals surface area (Å²) in [6, 6.07) is 12.7. The van der Waals surface area contributed by atoms with E-state index in [0.717, 1.165) is 4.88 Å². The van der Waals surface area contributed by atoms with Gasteiger partial charge in [-0.2, -0.15) is 0 Å². The molecular formula is C16H15N3O3S2. The van der Waals surface area contributed by atoms with E-state index in [1.54, 1.807) is 30.3 Å². The van der Waals surface area contributed by atoms with Crippen LogP contribution in [0.3, 0.4) is 0 Å². The molecule has 0 atom stereocenters. The van der Waals surface area contributed by atoms with Crippen molar-refractivity contribution in [1.29, 1.82) is 0 Å². The normalized spacial score (nSPS) is 10.2. The smallest absolute Gasteiger partial charge is 0.276 e. The number of carbonyl (C=O) groups excluding carboxylic acids is 2. The maximum Gasteiger partial charge on any atom is 0.276 e. The highest BCUT2D eigenvalue weighted by molar-refractivity contribution is 7.80. The van der Waals surface area contributed by atoms with Crippen molar-refractivity contribution >= 4 is 46.6 Å². The van der Waals surface area contributed by atoms with E-state index in [4.69, 9.17) is 17.0 Å². The summed E-state index contributed by atoms with van der Waals surface area (Å²) >= 11 is 6.43. The van der Waals surface area contributed by atoms with Crippen LogP contribution in [0.5, 0.6) is 5.75 Å². The van der Waals surface area contributed by atoms with E-state index >= 15 is 0 Å². The first-order valence-corrected chi connectivity index (χ1v) is 8.21. The largest absolute Gasteiger partial charge is 0.484 e. The molecule has 2 amide bonds. The lowest BCUT2D eigenvalue weighted by Gasteiger charge is -2.10. The van der Waals surface area contributed by atoms with E-state index < -0.39 is 11.8 Å². The predicted octanol–water partition coefficient (Wildman–Crippen LogP) is 1.86. The molecule has 2 aromatic rings. The van der Waals surface area contributed by atoms with Gasteiger partial charge in [-0.05, 0) is 41.9 Å². The zero-order valence-electron chi connectivity index (χ0n) is 12.5. The fourth-order valence-electron chi connectivity index (χ4n) is 1.56. The van der Waals surface area contributed by atoms with Crippen molar-refractivity contribution in [2.45, 2.75) is 0 Å². The van der Waals surface area contributed by atoms with E-state index in [1.165, 1.54) is 17.4 Å². The number of hydrazine groups is 1. The third-order valence-electron chi connectivity index (χ3n) is 2.61. The molecule has 0 unspecified atom stereocenters. The summed E-state index contributed by atoms with van der Waals surface area (Å²) in [6.45, 7) is -0.175. The topological polar surface area (TPSA) is 79.5 Å². The first-order chi connectivity index (χ1) is 11.6. The second-order valence-electron chi connectivity index (χ2n) is 4.44. The van der Waals surface area contributed by atoms with E-state index in [0.29, 0.717) is 5.75 Å². The summed E-state index contributed by atoms with van der Waals surface area (Å²) in [6.07, 6.45) is 3.04. The minimum atomic E-state index is -0.426. The molecule has 0 aliphatic heterocycles. The Kier molecular flexibility index (Phi) is 6.93. The maximum absolute atomic E-state index is 11.6. The van der Waals surface area contributed by atoms with Gasteiger partial charge < -0.3 is 4.74 Å². The van der Waals surface area contributed by atoms with Crippen LogP contribution in [-0.4, -0.2) is 23.5 Å². The first-order valence-electron chi connectivity index (χ1n) is 6.93. The number of thiocarbonyl (C=S) groups is 1. The van der Waals surface area contributed by atoms with Crippen LogP contribution in [-0.2, 0) is 9.59 Å². The molecule has 24 heavy (non-hydrogen) atoms. The van der Waals surface area contributed by atoms with Gasteiger partial charge in [0.1, 0.15) is 5.75 Å². The van der Waals surface area contributed by atoms with Gasteiger partial charge in [0.15, 0.2) is 11.7 Å². The second kappa shape index (κ2) is 9.43. The van der Waals surface area contributed by atoms with E-state index in [2.05, 4.69) is 16.2 Å². The summed E-state index contributed by atoms with van der Waals surface area (Å²) in [5, 5.41) is 4.32. The highest BCUT2D eigenvalue weighted by atomic mass is 32.1. The Labute approximate surface area is 148 Å². The molecule has 0 fully saturated rings. The van der Waals surface area contributed by atoms with Gasteiger partial charge in [0.25, 0.3) is 5.91 Å². The average Bonchev–Trinajstić information content (AvgIpc) is 3.11. The molecule has 0 radical (unpaired) electrons.